The van der Waals surface area contributed by atoms with Crippen LogP contribution < -0.4 is 10.2 Å². The molecule has 0 bridgehead atoms. The number of amides is 2. The van der Waals surface area contributed by atoms with E-state index in [1.807, 2.05) is 23.2 Å². The third-order valence-corrected chi connectivity index (χ3v) is 6.06. The van der Waals surface area contributed by atoms with E-state index in [4.69, 9.17) is 0 Å². The van der Waals surface area contributed by atoms with Gasteiger partial charge < -0.3 is 14.8 Å². The Labute approximate surface area is 177 Å². The molecule has 2 amide bonds. The summed E-state index contributed by atoms with van der Waals surface area (Å²) in [5, 5.41) is 4.24. The lowest BCUT2D eigenvalue weighted by Crippen LogP contribution is -2.35. The number of carbonyl (C=O) groups is 2. The lowest BCUT2D eigenvalue weighted by molar-refractivity contribution is -0.126. The summed E-state index contributed by atoms with van der Waals surface area (Å²) >= 11 is 0. The highest BCUT2D eigenvalue weighted by Crippen LogP contribution is 2.32. The van der Waals surface area contributed by atoms with Crippen molar-refractivity contribution in [3.8, 4) is 0 Å². The van der Waals surface area contributed by atoms with Crippen LogP contribution in [0.4, 0.5) is 5.69 Å². The fraction of sp³-hybridized carbons (Fsp3) is 0.360. The third kappa shape index (κ3) is 3.84. The molecule has 2 aromatic carbocycles. The van der Waals surface area contributed by atoms with Gasteiger partial charge in [-0.25, -0.2) is 0 Å². The predicted molar refractivity (Wildman–Crippen MR) is 121 cm³/mol. The summed E-state index contributed by atoms with van der Waals surface area (Å²) in [6.07, 6.45) is 4.06. The molecule has 1 aromatic heterocycles. The van der Waals surface area contributed by atoms with E-state index in [9.17, 15) is 9.59 Å². The molecule has 2 heterocycles. The van der Waals surface area contributed by atoms with Crippen LogP contribution >= 0.6 is 0 Å². The molecule has 1 atom stereocenters. The van der Waals surface area contributed by atoms with Crippen molar-refractivity contribution < 1.29 is 9.59 Å². The smallest absolute Gasteiger partial charge is 0.227 e. The zero-order valence-corrected chi connectivity index (χ0v) is 17.7. The second-order valence-corrected chi connectivity index (χ2v) is 7.90. The minimum Gasteiger partial charge on any atom is -0.354 e. The lowest BCUT2D eigenvalue weighted by atomic mass is 10.0. The Kier molecular flexibility index (Phi) is 5.88. The number of para-hydroxylation sites is 2. The molecule has 5 nitrogen and oxygen atoms in total. The second-order valence-electron chi connectivity index (χ2n) is 7.90. The Morgan fingerprint density at radius 1 is 1.03 bits per heavy atom. The number of aromatic nitrogens is 1. The standard InChI is InChI=1S/C25H29N3O2/c1-3-18-9-7-10-19(4-2)24(18)28-17-21(16-23(28)29)25(30)26-13-15-27-14-12-20-8-5-6-11-22(20)27/h5-12,14,21H,3-4,13,15-17H2,1-2H3,(H,26,30). The molecule has 0 spiro atoms. The monoisotopic (exact) mass is 403 g/mol. The average Bonchev–Trinajstić information content (AvgIpc) is 3.36. The number of aryl methyl sites for hydroxylation is 2. The van der Waals surface area contributed by atoms with Crippen LogP contribution in [-0.2, 0) is 29.0 Å². The highest BCUT2D eigenvalue weighted by Gasteiger charge is 2.36. The van der Waals surface area contributed by atoms with Gasteiger partial charge in [0.25, 0.3) is 0 Å². The van der Waals surface area contributed by atoms with Gasteiger partial charge in [-0.15, -0.1) is 0 Å². The highest BCUT2D eigenvalue weighted by molar-refractivity contribution is 6.01. The molecular weight excluding hydrogens is 374 g/mol. The number of anilines is 1. The number of nitrogens with zero attached hydrogens (tertiary/aromatic N) is 2. The van der Waals surface area contributed by atoms with Crippen molar-refractivity contribution in [2.45, 2.75) is 39.7 Å². The summed E-state index contributed by atoms with van der Waals surface area (Å²) in [6, 6.07) is 16.5. The highest BCUT2D eigenvalue weighted by atomic mass is 16.2. The van der Waals surface area contributed by atoms with Crippen LogP contribution in [0.1, 0.15) is 31.4 Å². The van der Waals surface area contributed by atoms with Gasteiger partial charge in [-0.2, -0.15) is 0 Å². The first-order valence-electron chi connectivity index (χ1n) is 10.8. The SMILES string of the molecule is CCc1cccc(CC)c1N1CC(C(=O)NCCn2ccc3ccccc32)CC1=O. The zero-order valence-electron chi connectivity index (χ0n) is 17.7. The Morgan fingerprint density at radius 3 is 2.50 bits per heavy atom. The van der Waals surface area contributed by atoms with Gasteiger partial charge in [0, 0.05) is 43.5 Å². The number of benzene rings is 2. The number of carbonyl (C=O) groups excluding carboxylic acids is 2. The van der Waals surface area contributed by atoms with Gasteiger partial charge in [0.15, 0.2) is 0 Å². The van der Waals surface area contributed by atoms with Crippen LogP contribution in [-0.4, -0.2) is 29.5 Å². The number of nitrogens with one attached hydrogen (secondary N) is 1. The van der Waals surface area contributed by atoms with Crippen molar-refractivity contribution in [3.05, 3.63) is 65.9 Å². The first-order chi connectivity index (χ1) is 14.6. The average molecular weight is 404 g/mol. The lowest BCUT2D eigenvalue weighted by Gasteiger charge is -2.23. The largest absolute Gasteiger partial charge is 0.354 e. The number of rotatable bonds is 7. The van der Waals surface area contributed by atoms with E-state index in [-0.39, 0.29) is 24.2 Å². The molecule has 1 N–H and O–H groups in total. The fourth-order valence-corrected chi connectivity index (χ4v) is 4.44. The second kappa shape index (κ2) is 8.74. The molecule has 5 heteroatoms. The molecule has 1 saturated heterocycles. The van der Waals surface area contributed by atoms with E-state index in [0.29, 0.717) is 19.6 Å². The quantitative estimate of drug-likeness (QED) is 0.650. The van der Waals surface area contributed by atoms with E-state index in [0.717, 1.165) is 24.0 Å². The van der Waals surface area contributed by atoms with Crippen LogP contribution in [0.15, 0.2) is 54.7 Å². The molecular formula is C25H29N3O2. The number of hydrogen-bond donors (Lipinski definition) is 1. The third-order valence-electron chi connectivity index (χ3n) is 6.06. The van der Waals surface area contributed by atoms with Crippen molar-refractivity contribution in [2.24, 2.45) is 5.92 Å². The molecule has 156 valence electrons. The summed E-state index contributed by atoms with van der Waals surface area (Å²) in [7, 11) is 0. The van der Waals surface area contributed by atoms with Gasteiger partial charge in [-0.1, -0.05) is 50.2 Å². The van der Waals surface area contributed by atoms with Crippen molar-refractivity contribution in [1.82, 2.24) is 9.88 Å². The molecule has 0 radical (unpaired) electrons. The topological polar surface area (TPSA) is 54.3 Å². The minimum atomic E-state index is -0.298. The van der Waals surface area contributed by atoms with Gasteiger partial charge in [0.05, 0.1) is 5.92 Å². The summed E-state index contributed by atoms with van der Waals surface area (Å²) in [6.45, 7) is 5.93. The Bertz CT molecular complexity index is 1050. The summed E-state index contributed by atoms with van der Waals surface area (Å²) in [5.74, 6) is -0.287. The van der Waals surface area contributed by atoms with Crippen molar-refractivity contribution >= 4 is 28.4 Å². The van der Waals surface area contributed by atoms with Gasteiger partial charge in [-0.3, -0.25) is 9.59 Å². The normalized spacial score (nSPS) is 16.4. The molecule has 4 rings (SSSR count). The van der Waals surface area contributed by atoms with E-state index >= 15 is 0 Å². The summed E-state index contributed by atoms with van der Waals surface area (Å²) in [5.41, 5.74) is 4.52. The van der Waals surface area contributed by atoms with Crippen LogP contribution in [0, 0.1) is 5.92 Å². The molecule has 0 saturated carbocycles. The first kappa shape index (κ1) is 20.2. The summed E-state index contributed by atoms with van der Waals surface area (Å²) < 4.78 is 2.15. The molecule has 1 fully saturated rings. The van der Waals surface area contributed by atoms with Gasteiger partial charge in [0.2, 0.25) is 11.8 Å². The fourth-order valence-electron chi connectivity index (χ4n) is 4.44. The maximum absolute atomic E-state index is 12.8. The number of hydrogen-bond acceptors (Lipinski definition) is 2. The van der Waals surface area contributed by atoms with Crippen molar-refractivity contribution in [1.29, 1.82) is 0 Å². The van der Waals surface area contributed by atoms with Crippen LogP contribution in [0.25, 0.3) is 10.9 Å². The molecule has 1 aliphatic rings. The van der Waals surface area contributed by atoms with Crippen molar-refractivity contribution in [2.75, 3.05) is 18.0 Å². The zero-order chi connectivity index (χ0) is 21.1. The van der Waals surface area contributed by atoms with E-state index < -0.39 is 0 Å². The van der Waals surface area contributed by atoms with Crippen LogP contribution in [0.3, 0.4) is 0 Å². The van der Waals surface area contributed by atoms with E-state index in [2.05, 4.69) is 60.1 Å². The van der Waals surface area contributed by atoms with Crippen molar-refractivity contribution in [3.63, 3.8) is 0 Å². The van der Waals surface area contributed by atoms with Gasteiger partial charge in [0.1, 0.15) is 0 Å². The Balaban J connectivity index is 1.40. The Hall–Kier alpha value is -3.08. The predicted octanol–water partition coefficient (Wildman–Crippen LogP) is 3.94. The minimum absolute atomic E-state index is 0.0330. The number of fused-ring (bicyclic) bond motifs is 1. The van der Waals surface area contributed by atoms with Crippen LogP contribution in [0.2, 0.25) is 0 Å². The van der Waals surface area contributed by atoms with E-state index in [1.54, 1.807) is 0 Å². The molecule has 1 aliphatic heterocycles. The molecule has 0 aliphatic carbocycles. The maximum Gasteiger partial charge on any atom is 0.227 e. The van der Waals surface area contributed by atoms with E-state index in [1.165, 1.54) is 16.5 Å². The summed E-state index contributed by atoms with van der Waals surface area (Å²) in [4.78, 5) is 27.4. The maximum atomic E-state index is 12.8. The first-order valence-corrected chi connectivity index (χ1v) is 10.8. The van der Waals surface area contributed by atoms with Gasteiger partial charge >= 0.3 is 0 Å². The molecule has 3 aromatic rings. The Morgan fingerprint density at radius 2 is 1.77 bits per heavy atom. The van der Waals surface area contributed by atoms with Gasteiger partial charge in [-0.05, 0) is 41.5 Å². The van der Waals surface area contributed by atoms with Crippen LogP contribution in [0.5, 0.6) is 0 Å². The molecule has 1 unspecified atom stereocenters. The molecule has 30 heavy (non-hydrogen) atoms.